The Kier molecular flexibility index (Phi) is 3.83. The lowest BCUT2D eigenvalue weighted by atomic mass is 10.1. The van der Waals surface area contributed by atoms with Gasteiger partial charge in [0.1, 0.15) is 5.52 Å². The number of rotatable bonds is 1. The number of hydrogen-bond donors (Lipinski definition) is 1. The van der Waals surface area contributed by atoms with Crippen molar-refractivity contribution >= 4 is 16.9 Å². The topological polar surface area (TPSA) is 50.4 Å². The lowest BCUT2D eigenvalue weighted by Gasteiger charge is -2.21. The molecule has 0 fully saturated rings. The quantitative estimate of drug-likeness (QED) is 0.861. The van der Waals surface area contributed by atoms with Gasteiger partial charge in [0.2, 0.25) is 0 Å². The van der Waals surface area contributed by atoms with Crippen molar-refractivity contribution in [2.24, 2.45) is 4.99 Å². The van der Waals surface area contributed by atoms with Crippen LogP contribution < -0.4 is 10.9 Å². The maximum absolute atomic E-state index is 5.98. The summed E-state index contributed by atoms with van der Waals surface area (Å²) in [5, 5.41) is 3.39. The van der Waals surface area contributed by atoms with Crippen LogP contribution in [0.5, 0.6) is 0 Å². The number of aryl methyl sites for hydroxylation is 1. The lowest BCUT2D eigenvalue weighted by molar-refractivity contribution is 0.472. The summed E-state index contributed by atoms with van der Waals surface area (Å²) < 4.78 is 5.98. The number of aromatic nitrogens is 1. The largest absolute Gasteiger partial charge is 0.434 e. The third-order valence-corrected chi connectivity index (χ3v) is 2.69. The molecule has 0 bridgehead atoms. The molecule has 1 N–H and O–H groups in total. The normalized spacial score (nSPS) is 13.8. The molecule has 4 heteroatoms. The van der Waals surface area contributed by atoms with Crippen molar-refractivity contribution in [3.63, 3.8) is 0 Å². The van der Waals surface area contributed by atoms with Gasteiger partial charge in [-0.1, -0.05) is 6.07 Å². The molecule has 1 aromatic carbocycles. The van der Waals surface area contributed by atoms with Crippen LogP contribution in [0.4, 0.5) is 5.82 Å². The lowest BCUT2D eigenvalue weighted by Crippen LogP contribution is -2.31. The molecule has 0 saturated heterocycles. The van der Waals surface area contributed by atoms with E-state index in [9.17, 15) is 0 Å². The summed E-state index contributed by atoms with van der Waals surface area (Å²) in [7, 11) is 0. The molecule has 0 aliphatic carbocycles. The van der Waals surface area contributed by atoms with E-state index in [2.05, 4.69) is 31.1 Å². The number of hydrogen-bond acceptors (Lipinski definition) is 4. The Bertz CT molecular complexity index is 715. The van der Waals surface area contributed by atoms with Crippen LogP contribution in [0.25, 0.3) is 11.1 Å². The van der Waals surface area contributed by atoms with Crippen LogP contribution in [0.2, 0.25) is 0 Å². The van der Waals surface area contributed by atoms with Gasteiger partial charge in [0, 0.05) is 5.54 Å². The predicted octanol–water partition coefficient (Wildman–Crippen LogP) is 4.05. The van der Waals surface area contributed by atoms with Crippen LogP contribution in [-0.4, -0.2) is 16.1 Å². The first kappa shape index (κ1) is 15.5. The summed E-state index contributed by atoms with van der Waals surface area (Å²) >= 11 is 0. The Morgan fingerprint density at radius 1 is 1.10 bits per heavy atom. The van der Waals surface area contributed by atoms with Crippen molar-refractivity contribution in [2.45, 2.75) is 59.5 Å². The fourth-order valence-corrected chi connectivity index (χ4v) is 1.94. The van der Waals surface area contributed by atoms with E-state index in [1.807, 2.05) is 45.9 Å². The van der Waals surface area contributed by atoms with Crippen LogP contribution in [0.3, 0.4) is 0 Å². The molecule has 0 radical (unpaired) electrons. The summed E-state index contributed by atoms with van der Waals surface area (Å²) in [4.78, 5) is 9.36. The minimum atomic E-state index is -0.224. The van der Waals surface area contributed by atoms with E-state index in [4.69, 9.17) is 9.40 Å². The first-order chi connectivity index (χ1) is 9.53. The van der Waals surface area contributed by atoms with Crippen molar-refractivity contribution in [3.8, 4) is 0 Å². The second kappa shape index (κ2) is 5.17. The first-order valence-corrected chi connectivity index (χ1v) is 7.29. The second-order valence-electron chi connectivity index (χ2n) is 7.50. The van der Waals surface area contributed by atoms with Crippen LogP contribution in [0.15, 0.2) is 27.6 Å². The number of benzene rings is 1. The highest BCUT2D eigenvalue weighted by atomic mass is 16.3. The highest BCUT2D eigenvalue weighted by Crippen LogP contribution is 2.17. The van der Waals surface area contributed by atoms with Gasteiger partial charge in [-0.15, -0.1) is 0 Å². The molecular formula is C17H25N3O. The molecule has 2 rings (SSSR count). The molecule has 0 aliphatic rings. The molecule has 114 valence electrons. The fraction of sp³-hybridized carbons (Fsp3) is 0.529. The summed E-state index contributed by atoms with van der Waals surface area (Å²) in [6, 6.07) is 5.99. The average Bonchev–Trinajstić information content (AvgIpc) is 2.26. The zero-order valence-corrected chi connectivity index (χ0v) is 14.0. The molecular weight excluding hydrogens is 262 g/mol. The van der Waals surface area contributed by atoms with Crippen LogP contribution in [0, 0.1) is 6.92 Å². The highest BCUT2D eigenvalue weighted by Gasteiger charge is 2.16. The molecule has 21 heavy (non-hydrogen) atoms. The first-order valence-electron chi connectivity index (χ1n) is 7.29. The fourth-order valence-electron chi connectivity index (χ4n) is 1.94. The third kappa shape index (κ3) is 4.31. The van der Waals surface area contributed by atoms with E-state index in [0.717, 1.165) is 16.7 Å². The van der Waals surface area contributed by atoms with Gasteiger partial charge >= 0.3 is 0 Å². The van der Waals surface area contributed by atoms with E-state index in [1.165, 1.54) is 0 Å². The Hall–Kier alpha value is -1.84. The summed E-state index contributed by atoms with van der Waals surface area (Å²) in [5.74, 6) is 0.690. The Morgan fingerprint density at radius 3 is 2.33 bits per heavy atom. The molecule has 0 saturated carbocycles. The van der Waals surface area contributed by atoms with Gasteiger partial charge in [-0.05, 0) is 66.2 Å². The molecule has 0 spiro atoms. The zero-order chi connectivity index (χ0) is 15.8. The molecule has 0 unspecified atom stereocenters. The monoisotopic (exact) mass is 287 g/mol. The predicted molar refractivity (Wildman–Crippen MR) is 87.4 cm³/mol. The average molecular weight is 287 g/mol. The minimum Gasteiger partial charge on any atom is -0.434 e. The van der Waals surface area contributed by atoms with E-state index in [1.54, 1.807) is 0 Å². The van der Waals surface area contributed by atoms with Crippen LogP contribution >= 0.6 is 0 Å². The Morgan fingerprint density at radius 2 is 1.76 bits per heavy atom. The Labute approximate surface area is 126 Å². The van der Waals surface area contributed by atoms with Crippen LogP contribution in [-0.2, 0) is 0 Å². The maximum Gasteiger partial charge on any atom is 0.258 e. The number of nitrogens with zero attached hydrogens (tertiary/aromatic N) is 2. The van der Waals surface area contributed by atoms with Crippen molar-refractivity contribution < 1.29 is 4.42 Å². The van der Waals surface area contributed by atoms with Crippen molar-refractivity contribution in [3.05, 3.63) is 29.3 Å². The second-order valence-corrected chi connectivity index (χ2v) is 7.50. The maximum atomic E-state index is 5.98. The van der Waals surface area contributed by atoms with Gasteiger partial charge in [0.15, 0.2) is 11.4 Å². The number of fused-ring (bicyclic) bond motifs is 1. The molecule has 0 atom stereocenters. The van der Waals surface area contributed by atoms with Crippen molar-refractivity contribution in [1.29, 1.82) is 0 Å². The van der Waals surface area contributed by atoms with E-state index in [-0.39, 0.29) is 11.1 Å². The smallest absolute Gasteiger partial charge is 0.258 e. The zero-order valence-electron chi connectivity index (χ0n) is 14.0. The van der Waals surface area contributed by atoms with E-state index >= 15 is 0 Å². The SMILES string of the molecule is Cc1ccc2oc(=NC(C)(C)C)c(NC(C)(C)C)nc2c1. The van der Waals surface area contributed by atoms with Gasteiger partial charge in [-0.25, -0.2) is 9.98 Å². The molecule has 4 nitrogen and oxygen atoms in total. The van der Waals surface area contributed by atoms with E-state index < -0.39 is 0 Å². The molecule has 1 aromatic heterocycles. The third-order valence-electron chi connectivity index (χ3n) is 2.69. The molecule has 0 amide bonds. The number of anilines is 1. The summed E-state index contributed by atoms with van der Waals surface area (Å²) in [5.41, 5.74) is 2.97. The molecule has 1 heterocycles. The molecule has 0 aliphatic heterocycles. The number of nitrogens with one attached hydrogen (secondary N) is 1. The van der Waals surface area contributed by atoms with Gasteiger partial charge in [-0.2, -0.15) is 0 Å². The summed E-state index contributed by atoms with van der Waals surface area (Å²) in [6.45, 7) is 14.5. The van der Waals surface area contributed by atoms with Crippen molar-refractivity contribution in [1.82, 2.24) is 4.98 Å². The standard InChI is InChI=1S/C17H25N3O/c1-11-8-9-13-12(10-11)18-14(19-16(2,3)4)15(21-13)20-17(5,6)7/h8-10H,1-7H3,(H,18,19). The summed E-state index contributed by atoms with van der Waals surface area (Å²) in [6.07, 6.45) is 0. The van der Waals surface area contributed by atoms with Gasteiger partial charge in [-0.3, -0.25) is 0 Å². The van der Waals surface area contributed by atoms with Gasteiger partial charge in [0.05, 0.1) is 5.54 Å². The minimum absolute atomic E-state index is 0.109. The highest BCUT2D eigenvalue weighted by molar-refractivity contribution is 5.74. The van der Waals surface area contributed by atoms with Gasteiger partial charge < -0.3 is 9.73 Å². The molecule has 2 aromatic rings. The van der Waals surface area contributed by atoms with E-state index in [0.29, 0.717) is 11.4 Å². The Balaban J connectivity index is 2.71. The van der Waals surface area contributed by atoms with Crippen LogP contribution in [0.1, 0.15) is 47.1 Å². The van der Waals surface area contributed by atoms with Gasteiger partial charge in [0.25, 0.3) is 5.55 Å². The van der Waals surface area contributed by atoms with Crippen molar-refractivity contribution in [2.75, 3.05) is 5.32 Å².